The van der Waals surface area contributed by atoms with E-state index >= 15 is 8.78 Å². The SMILES string of the molecule is Cc1c(C(=O)O)c(-c2c(F)ccc(N3CCN(c4ccc(NSc5ccc(N[C@H](CCN6CCC(C)(O)CC6)CSc6ccccc6)c(S(=O)(=O)C(F)(F)F)c5)cc4)CC3)c2F)c(-c2ccc(F)cc2)n1C. The number of hydrogen-bond donors (Lipinski definition) is 4. The van der Waals surface area contributed by atoms with Gasteiger partial charge in [0, 0.05) is 97.1 Å². The number of piperidine rings is 1. The molecule has 4 N–H and O–H groups in total. The number of nitrogens with zero attached hydrogens (tertiary/aromatic N) is 4. The summed E-state index contributed by atoms with van der Waals surface area (Å²) >= 11 is 2.46. The van der Waals surface area contributed by atoms with Crippen LogP contribution in [0.25, 0.3) is 22.4 Å². The number of thioether (sulfide) groups is 1. The molecule has 2 aliphatic rings. The molecule has 5 aromatic carbocycles. The average Bonchev–Trinajstić information content (AvgIpc) is 3.61. The number of rotatable bonds is 17. The largest absolute Gasteiger partial charge is 0.501 e. The molecule has 1 atom stereocenters. The number of benzene rings is 5. The Morgan fingerprint density at radius 1 is 0.819 bits per heavy atom. The van der Waals surface area contributed by atoms with Crippen molar-refractivity contribution >= 4 is 62.3 Å². The third kappa shape index (κ3) is 11.7. The molecule has 3 heterocycles. The molecule has 0 radical (unpaired) electrons. The van der Waals surface area contributed by atoms with Gasteiger partial charge in [0.25, 0.3) is 9.84 Å². The van der Waals surface area contributed by atoms with Gasteiger partial charge in [0.2, 0.25) is 0 Å². The molecular formula is C52H54F6N6O5S3. The molecule has 382 valence electrons. The molecule has 0 amide bonds. The van der Waals surface area contributed by atoms with Crippen LogP contribution >= 0.6 is 23.7 Å². The molecule has 0 spiro atoms. The van der Waals surface area contributed by atoms with Crippen molar-refractivity contribution in [2.24, 2.45) is 7.05 Å². The van der Waals surface area contributed by atoms with Crippen LogP contribution < -0.4 is 19.8 Å². The Balaban J connectivity index is 0.945. The summed E-state index contributed by atoms with van der Waals surface area (Å²) in [5.41, 5.74) is -5.01. The van der Waals surface area contributed by atoms with Crippen molar-refractivity contribution in [3.05, 3.63) is 138 Å². The van der Waals surface area contributed by atoms with Crippen molar-refractivity contribution in [2.75, 3.05) is 71.4 Å². The highest BCUT2D eigenvalue weighted by Gasteiger charge is 2.48. The predicted molar refractivity (Wildman–Crippen MR) is 273 cm³/mol. The first kappa shape index (κ1) is 52.5. The zero-order valence-electron chi connectivity index (χ0n) is 39.6. The molecule has 1 aromatic heterocycles. The van der Waals surface area contributed by atoms with Gasteiger partial charge in [-0.15, -0.1) is 11.8 Å². The second-order valence-electron chi connectivity index (χ2n) is 18.2. The van der Waals surface area contributed by atoms with Crippen LogP contribution in [0.15, 0.2) is 124 Å². The molecule has 0 bridgehead atoms. The number of carboxylic acids is 1. The Morgan fingerprint density at radius 2 is 1.47 bits per heavy atom. The summed E-state index contributed by atoms with van der Waals surface area (Å²) in [6.07, 6.45) is 1.70. The van der Waals surface area contributed by atoms with Crippen molar-refractivity contribution in [3.8, 4) is 22.4 Å². The molecule has 11 nitrogen and oxygen atoms in total. The molecule has 72 heavy (non-hydrogen) atoms. The molecule has 8 rings (SSSR count). The van der Waals surface area contributed by atoms with Gasteiger partial charge in [0.05, 0.1) is 33.8 Å². The van der Waals surface area contributed by atoms with Crippen LogP contribution in [0.5, 0.6) is 0 Å². The van der Waals surface area contributed by atoms with E-state index in [1.165, 1.54) is 52.7 Å². The lowest BCUT2D eigenvalue weighted by Gasteiger charge is -2.37. The molecule has 2 saturated heterocycles. The standard InChI is InChI=1S/C52H54F6N6O5S3/c1-33-45(50(65)66)47(49(61(33)3)34-9-11-35(53)12-10-34)46-41(54)18-20-43(48(46)55)64-29-27-63(28-30-64)38-15-13-36(14-16-38)60-71-40-17-19-42(44(31-40)72(68,69)52(56,57)58)59-37(32-70-39-7-5-4-6-8-39)21-24-62-25-22-51(2,67)23-26-62/h4-20,31,37,59-60,67H,21-30,32H2,1-3H3,(H,65,66)/t37-/m1/s1. The maximum absolute atomic E-state index is 16.7. The minimum atomic E-state index is -5.78. The number of aromatic carboxylic acids is 1. The molecule has 20 heteroatoms. The highest BCUT2D eigenvalue weighted by atomic mass is 32.2. The van der Waals surface area contributed by atoms with E-state index in [9.17, 15) is 41.0 Å². The van der Waals surface area contributed by atoms with E-state index in [-0.39, 0.29) is 38.8 Å². The second-order valence-corrected chi connectivity index (χ2v) is 22.1. The Kier molecular flexibility index (Phi) is 15.9. The summed E-state index contributed by atoms with van der Waals surface area (Å²) in [4.78, 5) is 18.9. The summed E-state index contributed by atoms with van der Waals surface area (Å²) in [6.45, 7) is 6.80. The van der Waals surface area contributed by atoms with E-state index in [0.717, 1.165) is 34.7 Å². The second kappa shape index (κ2) is 21.7. The summed E-state index contributed by atoms with van der Waals surface area (Å²) < 4.78 is 120. The third-order valence-corrected chi connectivity index (χ3v) is 16.8. The van der Waals surface area contributed by atoms with E-state index in [1.54, 1.807) is 44.0 Å². The number of hydrogen-bond acceptors (Lipinski definition) is 11. The summed E-state index contributed by atoms with van der Waals surface area (Å²) in [7, 11) is -4.19. The Labute approximate surface area is 423 Å². The minimum Gasteiger partial charge on any atom is -0.478 e. The van der Waals surface area contributed by atoms with E-state index in [0.29, 0.717) is 82.1 Å². The molecule has 0 saturated carbocycles. The number of aromatic nitrogens is 1. The van der Waals surface area contributed by atoms with E-state index in [4.69, 9.17) is 0 Å². The lowest BCUT2D eigenvalue weighted by molar-refractivity contribution is -0.0436. The number of aliphatic hydroxyl groups is 1. The Morgan fingerprint density at radius 3 is 2.11 bits per heavy atom. The monoisotopic (exact) mass is 1050 g/mol. The van der Waals surface area contributed by atoms with Crippen LogP contribution in [-0.4, -0.2) is 103 Å². The van der Waals surface area contributed by atoms with Crippen molar-refractivity contribution in [1.82, 2.24) is 9.47 Å². The first-order chi connectivity index (χ1) is 34.2. The van der Waals surface area contributed by atoms with Gasteiger partial charge in [-0.3, -0.25) is 0 Å². The summed E-state index contributed by atoms with van der Waals surface area (Å²) in [6, 6.07) is 28.0. The first-order valence-electron chi connectivity index (χ1n) is 23.2. The number of carbonyl (C=O) groups is 1. The van der Waals surface area contributed by atoms with Crippen molar-refractivity contribution in [2.45, 2.75) is 64.9 Å². The smallest absolute Gasteiger partial charge is 0.478 e. The number of nitrogens with one attached hydrogen (secondary N) is 2. The number of anilines is 4. The third-order valence-electron chi connectivity index (χ3n) is 13.3. The highest BCUT2D eigenvalue weighted by Crippen LogP contribution is 2.44. The van der Waals surface area contributed by atoms with Crippen LogP contribution in [0.3, 0.4) is 0 Å². The normalized spacial score (nSPS) is 15.9. The molecule has 6 aromatic rings. The zero-order valence-corrected chi connectivity index (χ0v) is 42.1. The van der Waals surface area contributed by atoms with Crippen LogP contribution in [0, 0.1) is 24.4 Å². The van der Waals surface area contributed by atoms with Gasteiger partial charge in [0.15, 0.2) is 5.82 Å². The lowest BCUT2D eigenvalue weighted by atomic mass is 9.94. The Bertz CT molecular complexity index is 3000. The van der Waals surface area contributed by atoms with Crippen molar-refractivity contribution in [1.29, 1.82) is 0 Å². The van der Waals surface area contributed by atoms with Crippen LogP contribution in [0.4, 0.5) is 49.1 Å². The fourth-order valence-corrected chi connectivity index (χ4v) is 11.8. The van der Waals surface area contributed by atoms with E-state index in [2.05, 4.69) is 19.8 Å². The van der Waals surface area contributed by atoms with Gasteiger partial charge in [-0.1, -0.05) is 18.2 Å². The maximum atomic E-state index is 16.7. The fraction of sp³-hybridized carbons (Fsp3) is 0.327. The highest BCUT2D eigenvalue weighted by molar-refractivity contribution is 8.00. The number of halogens is 6. The Hall–Kier alpha value is -5.80. The first-order valence-corrected chi connectivity index (χ1v) is 26.5. The summed E-state index contributed by atoms with van der Waals surface area (Å²) in [5.74, 6) is -3.32. The van der Waals surface area contributed by atoms with Gasteiger partial charge >= 0.3 is 11.5 Å². The van der Waals surface area contributed by atoms with Gasteiger partial charge in [0.1, 0.15) is 16.5 Å². The van der Waals surface area contributed by atoms with Gasteiger partial charge in [-0.25, -0.2) is 26.4 Å². The number of carboxylic acid groups (broad SMARTS) is 1. The number of likely N-dealkylation sites (tertiary alicyclic amines) is 1. The number of alkyl halides is 3. The summed E-state index contributed by atoms with van der Waals surface area (Å²) in [5, 5.41) is 23.8. The molecule has 2 fully saturated rings. The van der Waals surface area contributed by atoms with Crippen LogP contribution in [0.1, 0.15) is 42.2 Å². The van der Waals surface area contributed by atoms with Gasteiger partial charge < -0.3 is 39.5 Å². The number of piperazine rings is 1. The minimum absolute atomic E-state index is 0.0898. The molecule has 2 aliphatic heterocycles. The zero-order chi connectivity index (χ0) is 51.5. The van der Waals surface area contributed by atoms with Crippen LogP contribution in [-0.2, 0) is 16.9 Å². The molecule has 0 aliphatic carbocycles. The molecule has 0 unspecified atom stereocenters. The topological polar surface area (TPSA) is 130 Å². The predicted octanol–water partition coefficient (Wildman–Crippen LogP) is 11.3. The molecular weight excluding hydrogens is 999 g/mol. The van der Waals surface area contributed by atoms with E-state index in [1.807, 2.05) is 42.5 Å². The fourth-order valence-electron chi connectivity index (χ4n) is 9.09. The number of sulfone groups is 1. The van der Waals surface area contributed by atoms with E-state index < -0.39 is 60.9 Å². The van der Waals surface area contributed by atoms with Gasteiger partial charge in [-0.05, 0) is 142 Å². The van der Waals surface area contributed by atoms with Crippen molar-refractivity contribution in [3.63, 3.8) is 0 Å². The lowest BCUT2D eigenvalue weighted by Crippen LogP contribution is -2.46. The van der Waals surface area contributed by atoms with Crippen molar-refractivity contribution < 1.29 is 49.8 Å². The average molecular weight is 1050 g/mol. The maximum Gasteiger partial charge on any atom is 0.501 e. The quantitative estimate of drug-likeness (QED) is 0.0394. The van der Waals surface area contributed by atoms with Gasteiger partial charge in [-0.2, -0.15) is 13.2 Å². The van der Waals surface area contributed by atoms with Crippen LogP contribution in [0.2, 0.25) is 0 Å².